The quantitative estimate of drug-likeness (QED) is 0.781. The van der Waals surface area contributed by atoms with E-state index in [0.29, 0.717) is 5.56 Å². The highest BCUT2D eigenvalue weighted by atomic mass is 16.1. The Balaban J connectivity index is 1.52. The van der Waals surface area contributed by atoms with Crippen molar-refractivity contribution in [1.29, 1.82) is 0 Å². The van der Waals surface area contributed by atoms with Crippen LogP contribution in [0.2, 0.25) is 0 Å². The number of hydrogen-bond acceptors (Lipinski definition) is 2. The summed E-state index contributed by atoms with van der Waals surface area (Å²) in [5, 5.41) is 10.1. The normalized spacial score (nSPS) is 13.7. The van der Waals surface area contributed by atoms with Crippen LogP contribution in [-0.2, 0) is 12.8 Å². The highest BCUT2D eigenvalue weighted by Gasteiger charge is 2.24. The van der Waals surface area contributed by atoms with Gasteiger partial charge in [-0.1, -0.05) is 54.6 Å². The van der Waals surface area contributed by atoms with E-state index in [1.807, 2.05) is 42.5 Å². The Kier molecular flexibility index (Phi) is 3.42. The summed E-state index contributed by atoms with van der Waals surface area (Å²) in [6.45, 7) is 0. The first-order valence-electron chi connectivity index (χ1n) is 7.77. The molecule has 4 nitrogen and oxygen atoms in total. The van der Waals surface area contributed by atoms with Crippen LogP contribution in [0.3, 0.4) is 0 Å². The average molecular weight is 303 g/mol. The third-order valence-corrected chi connectivity index (χ3v) is 4.33. The molecule has 0 fully saturated rings. The number of rotatable bonds is 3. The molecule has 2 aromatic carbocycles. The Hall–Kier alpha value is -2.88. The molecule has 0 radical (unpaired) electrons. The Morgan fingerprint density at radius 3 is 2.35 bits per heavy atom. The van der Waals surface area contributed by atoms with Crippen molar-refractivity contribution in [2.45, 2.75) is 18.9 Å². The zero-order valence-electron chi connectivity index (χ0n) is 12.6. The summed E-state index contributed by atoms with van der Waals surface area (Å²) in [6.07, 6.45) is 3.38. The van der Waals surface area contributed by atoms with E-state index < -0.39 is 0 Å². The van der Waals surface area contributed by atoms with E-state index in [9.17, 15) is 4.79 Å². The number of carbonyl (C=O) groups is 1. The van der Waals surface area contributed by atoms with Gasteiger partial charge < -0.3 is 5.32 Å². The third-order valence-electron chi connectivity index (χ3n) is 4.33. The molecule has 4 heteroatoms. The number of benzene rings is 2. The van der Waals surface area contributed by atoms with Crippen molar-refractivity contribution in [1.82, 2.24) is 15.5 Å². The first-order valence-corrected chi connectivity index (χ1v) is 7.77. The molecule has 0 saturated heterocycles. The topological polar surface area (TPSA) is 57.8 Å². The average Bonchev–Trinajstić information content (AvgIpc) is 3.22. The van der Waals surface area contributed by atoms with Crippen molar-refractivity contribution >= 4 is 5.91 Å². The minimum Gasteiger partial charge on any atom is -0.349 e. The molecule has 0 bridgehead atoms. The SMILES string of the molecule is O=C(NC1Cc2ccccc2C1)c1cn[nH]c1-c1ccccc1. The summed E-state index contributed by atoms with van der Waals surface area (Å²) < 4.78 is 0. The molecule has 114 valence electrons. The lowest BCUT2D eigenvalue weighted by molar-refractivity contribution is 0.0939. The van der Waals surface area contributed by atoms with Crippen LogP contribution in [0.15, 0.2) is 60.8 Å². The molecule has 0 atom stereocenters. The molecule has 0 aliphatic heterocycles. The Bertz CT molecular complexity index is 814. The molecular formula is C19H17N3O. The van der Waals surface area contributed by atoms with Gasteiger partial charge in [-0.25, -0.2) is 0 Å². The van der Waals surface area contributed by atoms with Crippen LogP contribution in [0.1, 0.15) is 21.5 Å². The van der Waals surface area contributed by atoms with E-state index in [4.69, 9.17) is 0 Å². The summed E-state index contributed by atoms with van der Waals surface area (Å²) in [4.78, 5) is 12.6. The predicted molar refractivity (Wildman–Crippen MR) is 89.1 cm³/mol. The van der Waals surface area contributed by atoms with Crippen LogP contribution in [0.5, 0.6) is 0 Å². The first kappa shape index (κ1) is 13.8. The zero-order valence-corrected chi connectivity index (χ0v) is 12.6. The fourth-order valence-electron chi connectivity index (χ4n) is 3.21. The number of aromatic nitrogens is 2. The van der Waals surface area contributed by atoms with E-state index in [-0.39, 0.29) is 11.9 Å². The van der Waals surface area contributed by atoms with Gasteiger partial charge in [0.15, 0.2) is 0 Å². The molecule has 4 rings (SSSR count). The predicted octanol–water partition coefficient (Wildman–Crippen LogP) is 2.97. The van der Waals surface area contributed by atoms with Crippen LogP contribution >= 0.6 is 0 Å². The maximum absolute atomic E-state index is 12.6. The number of aromatic amines is 1. The summed E-state index contributed by atoms with van der Waals surface area (Å²) >= 11 is 0. The van der Waals surface area contributed by atoms with Gasteiger partial charge in [-0.05, 0) is 24.0 Å². The Morgan fingerprint density at radius 2 is 1.65 bits per heavy atom. The minimum atomic E-state index is -0.0737. The molecule has 1 heterocycles. The molecule has 0 saturated carbocycles. The lowest BCUT2D eigenvalue weighted by Crippen LogP contribution is -2.35. The Morgan fingerprint density at radius 1 is 1.00 bits per heavy atom. The molecule has 1 aromatic heterocycles. The third kappa shape index (κ3) is 2.63. The van der Waals surface area contributed by atoms with E-state index in [0.717, 1.165) is 24.1 Å². The molecule has 23 heavy (non-hydrogen) atoms. The van der Waals surface area contributed by atoms with Crippen LogP contribution in [0.4, 0.5) is 0 Å². The fraction of sp³-hybridized carbons (Fsp3) is 0.158. The van der Waals surface area contributed by atoms with Crippen LogP contribution in [0.25, 0.3) is 11.3 Å². The molecule has 3 aromatic rings. The van der Waals surface area contributed by atoms with Gasteiger partial charge in [0.05, 0.1) is 17.5 Å². The maximum Gasteiger partial charge on any atom is 0.255 e. The summed E-state index contributed by atoms with van der Waals surface area (Å²) in [7, 11) is 0. The minimum absolute atomic E-state index is 0.0737. The van der Waals surface area contributed by atoms with Gasteiger partial charge in [0.25, 0.3) is 5.91 Å². The van der Waals surface area contributed by atoms with Gasteiger partial charge >= 0.3 is 0 Å². The zero-order chi connectivity index (χ0) is 15.6. The van der Waals surface area contributed by atoms with E-state index >= 15 is 0 Å². The second kappa shape index (κ2) is 5.72. The van der Waals surface area contributed by atoms with Crippen molar-refractivity contribution in [3.8, 4) is 11.3 Å². The van der Waals surface area contributed by atoms with E-state index in [1.165, 1.54) is 11.1 Å². The van der Waals surface area contributed by atoms with Gasteiger partial charge in [0.2, 0.25) is 0 Å². The smallest absolute Gasteiger partial charge is 0.255 e. The first-order chi connectivity index (χ1) is 11.3. The highest BCUT2D eigenvalue weighted by Crippen LogP contribution is 2.24. The van der Waals surface area contributed by atoms with Crippen molar-refractivity contribution in [2.75, 3.05) is 0 Å². The van der Waals surface area contributed by atoms with Crippen molar-refractivity contribution < 1.29 is 4.79 Å². The van der Waals surface area contributed by atoms with Crippen LogP contribution < -0.4 is 5.32 Å². The number of H-pyrrole nitrogens is 1. The second-order valence-electron chi connectivity index (χ2n) is 5.87. The van der Waals surface area contributed by atoms with Crippen molar-refractivity contribution in [2.24, 2.45) is 0 Å². The lowest BCUT2D eigenvalue weighted by atomic mass is 10.1. The maximum atomic E-state index is 12.6. The van der Waals surface area contributed by atoms with E-state index in [1.54, 1.807) is 6.20 Å². The summed E-state index contributed by atoms with van der Waals surface area (Å²) in [5.74, 6) is -0.0737. The van der Waals surface area contributed by atoms with Crippen LogP contribution in [-0.4, -0.2) is 22.1 Å². The van der Waals surface area contributed by atoms with Gasteiger partial charge in [0.1, 0.15) is 0 Å². The number of fused-ring (bicyclic) bond motifs is 1. The van der Waals surface area contributed by atoms with Gasteiger partial charge in [-0.3, -0.25) is 9.89 Å². The van der Waals surface area contributed by atoms with Gasteiger partial charge in [0, 0.05) is 11.6 Å². The Labute approximate surface area is 134 Å². The molecule has 1 amide bonds. The van der Waals surface area contributed by atoms with Crippen molar-refractivity contribution in [3.63, 3.8) is 0 Å². The summed E-state index contributed by atoms with van der Waals surface area (Å²) in [5.41, 5.74) is 4.97. The number of amides is 1. The lowest BCUT2D eigenvalue weighted by Gasteiger charge is -2.12. The number of hydrogen-bond donors (Lipinski definition) is 2. The number of nitrogens with zero attached hydrogens (tertiary/aromatic N) is 1. The van der Waals surface area contributed by atoms with E-state index in [2.05, 4.69) is 27.6 Å². The fourth-order valence-corrected chi connectivity index (χ4v) is 3.21. The van der Waals surface area contributed by atoms with Gasteiger partial charge in [-0.15, -0.1) is 0 Å². The second-order valence-corrected chi connectivity index (χ2v) is 5.87. The molecular weight excluding hydrogens is 286 g/mol. The van der Waals surface area contributed by atoms with Gasteiger partial charge in [-0.2, -0.15) is 5.10 Å². The largest absolute Gasteiger partial charge is 0.349 e. The molecule has 1 aliphatic rings. The number of carbonyl (C=O) groups excluding carboxylic acids is 1. The monoisotopic (exact) mass is 303 g/mol. The molecule has 2 N–H and O–H groups in total. The number of nitrogens with one attached hydrogen (secondary N) is 2. The molecule has 0 unspecified atom stereocenters. The molecule has 0 spiro atoms. The molecule has 1 aliphatic carbocycles. The van der Waals surface area contributed by atoms with Crippen LogP contribution in [0, 0.1) is 0 Å². The summed E-state index contributed by atoms with van der Waals surface area (Å²) in [6, 6.07) is 18.3. The standard InChI is InChI=1S/C19H17N3O/c23-19(21-16-10-14-8-4-5-9-15(14)11-16)17-12-20-22-18(17)13-6-2-1-3-7-13/h1-9,12,16H,10-11H2,(H,20,22)(H,21,23). The van der Waals surface area contributed by atoms with Crippen molar-refractivity contribution in [3.05, 3.63) is 77.5 Å². The highest BCUT2D eigenvalue weighted by molar-refractivity contribution is 5.99.